The highest BCUT2D eigenvalue weighted by Crippen LogP contribution is 2.41. The first-order valence-corrected chi connectivity index (χ1v) is 6.51. The Morgan fingerprint density at radius 3 is 2.60 bits per heavy atom. The van der Waals surface area contributed by atoms with Crippen LogP contribution in [0.15, 0.2) is 24.3 Å². The van der Waals surface area contributed by atoms with Crippen molar-refractivity contribution >= 4 is 0 Å². The molecule has 3 nitrogen and oxygen atoms in total. The number of alkyl halides is 3. The zero-order chi connectivity index (χ0) is 14.8. The first-order valence-electron chi connectivity index (χ1n) is 6.51. The van der Waals surface area contributed by atoms with E-state index in [1.807, 2.05) is 6.92 Å². The van der Waals surface area contributed by atoms with Gasteiger partial charge in [-0.05, 0) is 32.9 Å². The minimum absolute atomic E-state index is 0.184. The molecule has 20 heavy (non-hydrogen) atoms. The van der Waals surface area contributed by atoms with Crippen LogP contribution in [0.5, 0.6) is 5.75 Å². The molecule has 0 amide bonds. The molecule has 1 aliphatic heterocycles. The molecular weight excluding hydrogens is 271 g/mol. The number of hydrogen-bond acceptors (Lipinski definition) is 3. The quantitative estimate of drug-likeness (QED) is 0.921. The van der Waals surface area contributed by atoms with Gasteiger partial charge < -0.3 is 14.8 Å². The molecular formula is C14H18F3NO2. The Hall–Kier alpha value is -1.27. The second-order valence-corrected chi connectivity index (χ2v) is 5.07. The Morgan fingerprint density at radius 2 is 2.05 bits per heavy atom. The van der Waals surface area contributed by atoms with Crippen LogP contribution in [0.2, 0.25) is 0 Å². The van der Waals surface area contributed by atoms with Crippen LogP contribution in [0.1, 0.15) is 31.4 Å². The SMILES string of the molecule is CNC(c1ccccc1OC(F)(F)F)C1(C)CCCO1. The van der Waals surface area contributed by atoms with Gasteiger partial charge in [-0.15, -0.1) is 13.2 Å². The van der Waals surface area contributed by atoms with Crippen LogP contribution in [0, 0.1) is 0 Å². The molecule has 1 aliphatic rings. The second kappa shape index (κ2) is 5.61. The normalized spacial score (nSPS) is 24.6. The predicted molar refractivity (Wildman–Crippen MR) is 68.5 cm³/mol. The molecule has 0 spiro atoms. The molecule has 2 unspecified atom stereocenters. The summed E-state index contributed by atoms with van der Waals surface area (Å²) in [5, 5.41) is 3.05. The number of halogens is 3. The van der Waals surface area contributed by atoms with E-state index in [2.05, 4.69) is 10.1 Å². The highest BCUT2D eigenvalue weighted by atomic mass is 19.4. The van der Waals surface area contributed by atoms with Crippen LogP contribution in [0.3, 0.4) is 0 Å². The molecule has 1 N–H and O–H groups in total. The molecule has 112 valence electrons. The van der Waals surface area contributed by atoms with Crippen molar-refractivity contribution in [1.29, 1.82) is 0 Å². The monoisotopic (exact) mass is 289 g/mol. The maximum atomic E-state index is 12.5. The fraction of sp³-hybridized carbons (Fsp3) is 0.571. The van der Waals surface area contributed by atoms with Crippen molar-refractivity contribution in [3.8, 4) is 5.75 Å². The van der Waals surface area contributed by atoms with E-state index in [-0.39, 0.29) is 11.8 Å². The van der Waals surface area contributed by atoms with Gasteiger partial charge in [0.25, 0.3) is 0 Å². The summed E-state index contributed by atoms with van der Waals surface area (Å²) in [6.45, 7) is 2.53. The number of para-hydroxylation sites is 1. The van der Waals surface area contributed by atoms with Gasteiger partial charge in [0, 0.05) is 12.2 Å². The van der Waals surface area contributed by atoms with Gasteiger partial charge in [0.2, 0.25) is 0 Å². The summed E-state index contributed by atoms with van der Waals surface area (Å²) < 4.78 is 47.3. The van der Waals surface area contributed by atoms with Crippen LogP contribution in [0.4, 0.5) is 13.2 Å². The average molecular weight is 289 g/mol. The van der Waals surface area contributed by atoms with Gasteiger partial charge in [0.1, 0.15) is 5.75 Å². The Morgan fingerprint density at radius 1 is 1.35 bits per heavy atom. The number of benzene rings is 1. The Kier molecular flexibility index (Phi) is 4.25. The van der Waals surface area contributed by atoms with Crippen LogP contribution in [-0.4, -0.2) is 25.6 Å². The largest absolute Gasteiger partial charge is 0.573 e. The highest BCUT2D eigenvalue weighted by Gasteiger charge is 2.41. The third-order valence-electron chi connectivity index (χ3n) is 3.60. The van der Waals surface area contributed by atoms with Crippen molar-refractivity contribution in [2.75, 3.05) is 13.7 Å². The van der Waals surface area contributed by atoms with E-state index >= 15 is 0 Å². The zero-order valence-electron chi connectivity index (χ0n) is 11.5. The molecule has 6 heteroatoms. The van der Waals surface area contributed by atoms with Crippen molar-refractivity contribution in [2.45, 2.75) is 37.8 Å². The predicted octanol–water partition coefficient (Wildman–Crippen LogP) is 3.41. The van der Waals surface area contributed by atoms with Gasteiger partial charge in [0.05, 0.1) is 11.6 Å². The number of nitrogens with one attached hydrogen (secondary N) is 1. The Labute approximate surface area is 116 Å². The first-order chi connectivity index (χ1) is 9.36. The topological polar surface area (TPSA) is 30.5 Å². The summed E-state index contributed by atoms with van der Waals surface area (Å²) >= 11 is 0. The van der Waals surface area contributed by atoms with Crippen LogP contribution in [0.25, 0.3) is 0 Å². The molecule has 1 saturated heterocycles. The van der Waals surface area contributed by atoms with E-state index in [1.165, 1.54) is 12.1 Å². The fourth-order valence-electron chi connectivity index (χ4n) is 2.75. The van der Waals surface area contributed by atoms with Gasteiger partial charge in [-0.25, -0.2) is 0 Å². The molecule has 2 atom stereocenters. The number of likely N-dealkylation sites (N-methyl/N-ethyl adjacent to an activating group) is 1. The van der Waals surface area contributed by atoms with Gasteiger partial charge in [-0.3, -0.25) is 0 Å². The fourth-order valence-corrected chi connectivity index (χ4v) is 2.75. The summed E-state index contributed by atoms with van der Waals surface area (Å²) in [5.74, 6) is -0.184. The van der Waals surface area contributed by atoms with E-state index in [1.54, 1.807) is 19.2 Å². The highest BCUT2D eigenvalue weighted by molar-refractivity contribution is 5.38. The van der Waals surface area contributed by atoms with Crippen LogP contribution in [-0.2, 0) is 4.74 Å². The van der Waals surface area contributed by atoms with E-state index in [4.69, 9.17) is 4.74 Å². The Bertz CT molecular complexity index is 456. The lowest BCUT2D eigenvalue weighted by molar-refractivity contribution is -0.275. The summed E-state index contributed by atoms with van der Waals surface area (Å²) in [4.78, 5) is 0. The lowest BCUT2D eigenvalue weighted by atomic mass is 9.87. The molecule has 0 bridgehead atoms. The van der Waals surface area contributed by atoms with E-state index in [9.17, 15) is 13.2 Å². The molecule has 1 heterocycles. The minimum atomic E-state index is -4.70. The molecule has 2 rings (SSSR count). The van der Waals surface area contributed by atoms with Crippen LogP contribution >= 0.6 is 0 Å². The molecule has 0 aliphatic carbocycles. The van der Waals surface area contributed by atoms with Crippen LogP contribution < -0.4 is 10.1 Å². The molecule has 0 radical (unpaired) electrons. The van der Waals surface area contributed by atoms with Crippen molar-refractivity contribution in [2.24, 2.45) is 0 Å². The van der Waals surface area contributed by atoms with Crippen molar-refractivity contribution in [1.82, 2.24) is 5.32 Å². The van der Waals surface area contributed by atoms with Gasteiger partial charge in [-0.2, -0.15) is 0 Å². The van der Waals surface area contributed by atoms with Gasteiger partial charge >= 0.3 is 6.36 Å². The average Bonchev–Trinajstić information content (AvgIpc) is 2.78. The lowest BCUT2D eigenvalue weighted by Gasteiger charge is -2.34. The molecule has 1 fully saturated rings. The summed E-state index contributed by atoms with van der Waals surface area (Å²) in [6, 6.07) is 5.82. The lowest BCUT2D eigenvalue weighted by Crippen LogP contribution is -2.40. The number of ether oxygens (including phenoxy) is 2. The minimum Gasteiger partial charge on any atom is -0.405 e. The molecule has 1 aromatic carbocycles. The maximum absolute atomic E-state index is 12.5. The molecule has 1 aromatic rings. The van der Waals surface area contributed by atoms with Gasteiger partial charge in [0.15, 0.2) is 0 Å². The summed E-state index contributed by atoms with van der Waals surface area (Å²) in [5.41, 5.74) is -0.0727. The van der Waals surface area contributed by atoms with Crippen molar-refractivity contribution in [3.05, 3.63) is 29.8 Å². The number of rotatable bonds is 4. The standard InChI is InChI=1S/C14H18F3NO2/c1-13(8-5-9-19-13)12(18-2)10-6-3-4-7-11(10)20-14(15,16)17/h3-4,6-7,12,18H,5,8-9H2,1-2H3. The molecule has 0 saturated carbocycles. The third-order valence-corrected chi connectivity index (χ3v) is 3.60. The summed E-state index contributed by atoms with van der Waals surface area (Å²) in [7, 11) is 1.71. The number of hydrogen-bond donors (Lipinski definition) is 1. The molecule has 0 aromatic heterocycles. The zero-order valence-corrected chi connectivity index (χ0v) is 11.5. The van der Waals surface area contributed by atoms with E-state index < -0.39 is 12.0 Å². The maximum Gasteiger partial charge on any atom is 0.573 e. The van der Waals surface area contributed by atoms with E-state index in [0.717, 1.165) is 12.8 Å². The van der Waals surface area contributed by atoms with Crippen molar-refractivity contribution in [3.63, 3.8) is 0 Å². The smallest absolute Gasteiger partial charge is 0.405 e. The first kappa shape index (κ1) is 15.1. The summed E-state index contributed by atoms with van der Waals surface area (Å²) in [6.07, 6.45) is -3.01. The van der Waals surface area contributed by atoms with E-state index in [0.29, 0.717) is 12.2 Å². The second-order valence-electron chi connectivity index (χ2n) is 5.07. The third kappa shape index (κ3) is 3.24. The van der Waals surface area contributed by atoms with Crippen molar-refractivity contribution < 1.29 is 22.6 Å². The Balaban J connectivity index is 2.34. The van der Waals surface area contributed by atoms with Gasteiger partial charge in [-0.1, -0.05) is 18.2 Å².